The monoisotopic (exact) mass is 580 g/mol. The van der Waals surface area contributed by atoms with E-state index in [9.17, 15) is 34.4 Å². The molecule has 0 aliphatic carbocycles. The van der Waals surface area contributed by atoms with Crippen LogP contribution in [0.2, 0.25) is 0 Å². The second kappa shape index (κ2) is 13.4. The lowest BCUT2D eigenvalue weighted by Crippen LogP contribution is -2.50. The molecule has 1 aromatic carbocycles. The number of aliphatic hydroxyl groups is 2. The zero-order valence-electron chi connectivity index (χ0n) is 22.3. The number of ether oxygens (including phenoxy) is 2. The SMILES string of the molecule is CCC(CC)COC(=O)C(C)NP(=O)(OCC1OC(C#N)(n2ccc(=O)[nH]c2=O)C(O)C1O)Oc1ccccc1. The Balaban J connectivity index is 1.80. The summed E-state index contributed by atoms with van der Waals surface area (Å²) in [7, 11) is -4.37. The van der Waals surface area contributed by atoms with E-state index < -0.39 is 61.7 Å². The lowest BCUT2D eigenvalue weighted by molar-refractivity contribution is -0.146. The van der Waals surface area contributed by atoms with Gasteiger partial charge in [-0.25, -0.2) is 9.36 Å². The number of nitrogens with zero attached hydrogens (tertiary/aromatic N) is 2. The number of carbonyl (C=O) groups is 1. The fraction of sp³-hybridized carbons (Fsp3) is 0.520. The van der Waals surface area contributed by atoms with Gasteiger partial charge in [-0.2, -0.15) is 10.3 Å². The van der Waals surface area contributed by atoms with E-state index in [4.69, 9.17) is 18.5 Å². The van der Waals surface area contributed by atoms with Gasteiger partial charge in [0.1, 0.15) is 36.2 Å². The average molecular weight is 581 g/mol. The first-order valence-corrected chi connectivity index (χ1v) is 14.2. The van der Waals surface area contributed by atoms with Crippen LogP contribution in [-0.2, 0) is 29.1 Å². The molecule has 1 aromatic heterocycles. The summed E-state index contributed by atoms with van der Waals surface area (Å²) >= 11 is 0. The number of nitriles is 1. The highest BCUT2D eigenvalue weighted by molar-refractivity contribution is 7.52. The summed E-state index contributed by atoms with van der Waals surface area (Å²) in [5.74, 6) is -0.390. The first-order chi connectivity index (χ1) is 19.0. The Morgan fingerprint density at radius 2 is 1.93 bits per heavy atom. The van der Waals surface area contributed by atoms with Crippen LogP contribution in [0.3, 0.4) is 0 Å². The quantitative estimate of drug-likeness (QED) is 0.194. The number of aromatic amines is 1. The highest BCUT2D eigenvalue weighted by Gasteiger charge is 2.57. The molecule has 218 valence electrons. The maximum Gasteiger partial charge on any atom is 0.459 e. The Morgan fingerprint density at radius 3 is 2.52 bits per heavy atom. The molecule has 1 saturated heterocycles. The van der Waals surface area contributed by atoms with Crippen LogP contribution < -0.4 is 20.9 Å². The minimum Gasteiger partial charge on any atom is -0.464 e. The third-order valence-electron chi connectivity index (χ3n) is 6.48. The van der Waals surface area contributed by atoms with E-state index in [1.54, 1.807) is 24.3 Å². The highest BCUT2D eigenvalue weighted by atomic mass is 31.2. The van der Waals surface area contributed by atoms with Crippen molar-refractivity contribution in [1.82, 2.24) is 14.6 Å². The van der Waals surface area contributed by atoms with Gasteiger partial charge in [0.25, 0.3) is 11.3 Å². The van der Waals surface area contributed by atoms with Crippen molar-refractivity contribution in [2.75, 3.05) is 13.2 Å². The number of rotatable bonds is 13. The molecule has 1 fully saturated rings. The van der Waals surface area contributed by atoms with E-state index in [-0.39, 0.29) is 18.3 Å². The number of hydrogen-bond donors (Lipinski definition) is 4. The average Bonchev–Trinajstić information content (AvgIpc) is 3.18. The molecule has 6 unspecified atom stereocenters. The van der Waals surface area contributed by atoms with Gasteiger partial charge in [-0.15, -0.1) is 0 Å². The smallest absolute Gasteiger partial charge is 0.459 e. The Kier molecular flexibility index (Phi) is 10.4. The van der Waals surface area contributed by atoms with Crippen molar-refractivity contribution in [3.8, 4) is 11.8 Å². The second-order valence-corrected chi connectivity index (χ2v) is 10.9. The lowest BCUT2D eigenvalue weighted by Gasteiger charge is -2.26. The number of hydrogen-bond acceptors (Lipinski definition) is 11. The Hall–Kier alpha value is -3.31. The largest absolute Gasteiger partial charge is 0.464 e. The zero-order chi connectivity index (χ0) is 29.5. The van der Waals surface area contributed by atoms with E-state index in [1.165, 1.54) is 19.1 Å². The van der Waals surface area contributed by atoms with Gasteiger partial charge in [0, 0.05) is 12.3 Å². The molecule has 40 heavy (non-hydrogen) atoms. The fourth-order valence-electron chi connectivity index (χ4n) is 3.98. The number of H-pyrrole nitrogens is 1. The molecule has 2 heterocycles. The van der Waals surface area contributed by atoms with Crippen molar-refractivity contribution < 1.29 is 38.1 Å². The van der Waals surface area contributed by atoms with Crippen molar-refractivity contribution in [3.63, 3.8) is 0 Å². The van der Waals surface area contributed by atoms with Crippen molar-refractivity contribution in [1.29, 1.82) is 5.26 Å². The van der Waals surface area contributed by atoms with Gasteiger partial charge in [-0.3, -0.25) is 23.7 Å². The molecule has 0 bridgehead atoms. The Bertz CT molecular complexity index is 1360. The van der Waals surface area contributed by atoms with Crippen LogP contribution >= 0.6 is 7.75 Å². The normalized spacial score (nSPS) is 24.7. The first kappa shape index (κ1) is 31.2. The number of aromatic nitrogens is 2. The summed E-state index contributed by atoms with van der Waals surface area (Å²) in [6.45, 7) is 4.84. The predicted molar refractivity (Wildman–Crippen MR) is 140 cm³/mol. The van der Waals surface area contributed by atoms with Crippen molar-refractivity contribution in [2.45, 2.75) is 63.7 Å². The number of aliphatic hydroxyl groups excluding tert-OH is 2. The third-order valence-corrected chi connectivity index (χ3v) is 8.12. The molecule has 0 radical (unpaired) electrons. The molecule has 2 aromatic rings. The van der Waals surface area contributed by atoms with Gasteiger partial charge >= 0.3 is 19.4 Å². The summed E-state index contributed by atoms with van der Waals surface area (Å²) in [5, 5.41) is 33.6. The van der Waals surface area contributed by atoms with Gasteiger partial charge in [-0.05, 0) is 25.0 Å². The number of para-hydroxylation sites is 1. The van der Waals surface area contributed by atoms with Crippen molar-refractivity contribution in [2.24, 2.45) is 5.92 Å². The maximum absolute atomic E-state index is 13.8. The van der Waals surface area contributed by atoms with E-state index >= 15 is 0 Å². The number of benzene rings is 1. The molecule has 0 spiro atoms. The number of esters is 1. The van der Waals surface area contributed by atoms with Crippen LogP contribution in [0.5, 0.6) is 5.75 Å². The minimum atomic E-state index is -4.37. The van der Waals surface area contributed by atoms with Crippen LogP contribution in [0.15, 0.2) is 52.2 Å². The van der Waals surface area contributed by atoms with E-state index in [2.05, 4.69) is 5.09 Å². The molecule has 0 amide bonds. The third kappa shape index (κ3) is 7.06. The summed E-state index contributed by atoms with van der Waals surface area (Å²) in [6.07, 6.45) is -2.67. The second-order valence-electron chi connectivity index (χ2n) is 9.24. The molecular weight excluding hydrogens is 547 g/mol. The number of nitrogens with one attached hydrogen (secondary N) is 2. The summed E-state index contributed by atoms with van der Waals surface area (Å²) < 4.78 is 36.4. The lowest BCUT2D eigenvalue weighted by atomic mass is 10.0. The molecule has 1 aliphatic rings. The molecule has 3 rings (SSSR count). The van der Waals surface area contributed by atoms with E-state index in [1.807, 2.05) is 18.8 Å². The highest BCUT2D eigenvalue weighted by Crippen LogP contribution is 2.46. The van der Waals surface area contributed by atoms with Gasteiger partial charge < -0.3 is 24.2 Å². The van der Waals surface area contributed by atoms with Crippen LogP contribution in [0.1, 0.15) is 33.6 Å². The maximum atomic E-state index is 13.8. The predicted octanol–water partition coefficient (Wildman–Crippen LogP) is 0.995. The number of carbonyl (C=O) groups excluding carboxylic acids is 1. The van der Waals surface area contributed by atoms with Crippen LogP contribution in [0.25, 0.3) is 0 Å². The molecule has 15 heteroatoms. The minimum absolute atomic E-state index is 0.134. The van der Waals surface area contributed by atoms with Crippen molar-refractivity contribution in [3.05, 3.63) is 63.4 Å². The van der Waals surface area contributed by atoms with Crippen LogP contribution in [-0.4, -0.2) is 63.3 Å². The van der Waals surface area contributed by atoms with Gasteiger partial charge in [0.05, 0.1) is 13.2 Å². The summed E-state index contributed by atoms with van der Waals surface area (Å²) in [4.78, 5) is 38.3. The molecule has 6 atom stereocenters. The van der Waals surface area contributed by atoms with Gasteiger partial charge in [0.15, 0.2) is 0 Å². The summed E-state index contributed by atoms with van der Waals surface area (Å²) in [6, 6.07) is 9.40. The standard InChI is InChI=1S/C25H33N4O10P/c1-4-17(5-2)13-36-23(33)16(3)28-40(35,39-18-9-7-6-8-10-18)37-14-19-21(31)22(32)25(15-26,38-19)29-12-11-20(30)27-24(29)34/h6-12,16-17,19,21-22,31-32H,4-5,13-14H2,1-3H3,(H,28,35)(H,27,30,34). The molecule has 14 nitrogen and oxygen atoms in total. The van der Waals surface area contributed by atoms with Gasteiger partial charge in [0.2, 0.25) is 0 Å². The molecule has 0 saturated carbocycles. The molecular formula is C25H33N4O10P. The topological polar surface area (TPSA) is 202 Å². The Labute approximate surface area is 230 Å². The fourth-order valence-corrected chi connectivity index (χ4v) is 5.49. The van der Waals surface area contributed by atoms with Gasteiger partial charge in [-0.1, -0.05) is 44.9 Å². The summed E-state index contributed by atoms with van der Waals surface area (Å²) in [5.41, 5.74) is -4.25. The first-order valence-electron chi connectivity index (χ1n) is 12.7. The van der Waals surface area contributed by atoms with Crippen molar-refractivity contribution >= 4 is 13.7 Å². The van der Waals surface area contributed by atoms with E-state index in [0.29, 0.717) is 4.57 Å². The van der Waals surface area contributed by atoms with Crippen LogP contribution in [0.4, 0.5) is 0 Å². The molecule has 1 aliphatic heterocycles. The zero-order valence-corrected chi connectivity index (χ0v) is 23.2. The molecule has 4 N–H and O–H groups in total. The Morgan fingerprint density at radius 1 is 1.25 bits per heavy atom. The van der Waals surface area contributed by atoms with E-state index in [0.717, 1.165) is 25.1 Å². The van der Waals surface area contributed by atoms with Crippen LogP contribution in [0, 0.1) is 17.2 Å².